The largest absolute Gasteiger partial charge is 0.618 e. The maximum atomic E-state index is 12.1. The molecule has 1 aliphatic heterocycles. The first-order chi connectivity index (χ1) is 8.77. The van der Waals surface area contributed by atoms with Gasteiger partial charge in [-0.2, -0.15) is 4.73 Å². The maximum Gasteiger partial charge on any atom is 0.262 e. The van der Waals surface area contributed by atoms with Crippen LogP contribution in [-0.4, -0.2) is 11.9 Å². The molecule has 90 valence electrons. The molecule has 0 saturated carbocycles. The smallest absolute Gasteiger partial charge is 0.262 e. The lowest BCUT2D eigenvalue weighted by Gasteiger charge is -2.00. The van der Waals surface area contributed by atoms with Crippen LogP contribution in [0.3, 0.4) is 0 Å². The zero-order chi connectivity index (χ0) is 12.5. The highest BCUT2D eigenvalue weighted by Gasteiger charge is 2.48. The van der Waals surface area contributed by atoms with E-state index in [4.69, 9.17) is 4.74 Å². The molecule has 4 nitrogen and oxygen atoms in total. The Morgan fingerprint density at radius 2 is 1.83 bits per heavy atom. The molecule has 2 aromatic rings. The number of ketones is 1. The van der Waals surface area contributed by atoms with Gasteiger partial charge in [-0.3, -0.25) is 4.79 Å². The summed E-state index contributed by atoms with van der Waals surface area (Å²) in [4.78, 5) is 12.1. The van der Waals surface area contributed by atoms with Gasteiger partial charge in [0.2, 0.25) is 0 Å². The van der Waals surface area contributed by atoms with E-state index in [0.717, 1.165) is 5.56 Å². The lowest BCUT2D eigenvalue weighted by atomic mass is 10.1. The molecule has 4 heteroatoms. The number of benzene rings is 1. The van der Waals surface area contributed by atoms with Gasteiger partial charge in [0.25, 0.3) is 11.5 Å². The minimum absolute atomic E-state index is 0.126. The number of Topliss-reactive ketones (excluding diaryl/α,β-unsaturated/α-hetero) is 1. The molecule has 0 amide bonds. The third-order valence-corrected chi connectivity index (χ3v) is 2.95. The van der Waals surface area contributed by atoms with Crippen molar-refractivity contribution in [1.29, 1.82) is 0 Å². The summed E-state index contributed by atoms with van der Waals surface area (Å²) in [5.74, 6) is -0.264. The predicted molar refractivity (Wildman–Crippen MR) is 63.8 cm³/mol. The highest BCUT2D eigenvalue weighted by Crippen LogP contribution is 2.39. The second kappa shape index (κ2) is 4.23. The van der Waals surface area contributed by atoms with Crippen molar-refractivity contribution in [3.8, 4) is 0 Å². The number of hydrogen-bond acceptors (Lipinski definition) is 3. The molecule has 18 heavy (non-hydrogen) atoms. The number of rotatable bonds is 3. The normalized spacial score (nSPS) is 21.6. The summed E-state index contributed by atoms with van der Waals surface area (Å²) in [7, 11) is 0. The highest BCUT2D eigenvalue weighted by molar-refractivity contribution is 5.98. The lowest BCUT2D eigenvalue weighted by molar-refractivity contribution is -0.607. The first kappa shape index (κ1) is 10.9. The van der Waals surface area contributed by atoms with Crippen molar-refractivity contribution < 1.29 is 14.3 Å². The molecule has 1 aromatic carbocycles. The van der Waals surface area contributed by atoms with Crippen LogP contribution in [0.25, 0.3) is 0 Å². The Labute approximate surface area is 104 Å². The van der Waals surface area contributed by atoms with Gasteiger partial charge < -0.3 is 9.94 Å². The Bertz CT molecular complexity index is 583. The van der Waals surface area contributed by atoms with Crippen LogP contribution >= 0.6 is 0 Å². The molecule has 3 rings (SSSR count). The topological polar surface area (TPSA) is 56.5 Å². The summed E-state index contributed by atoms with van der Waals surface area (Å²) in [5, 5.41) is 11.5. The molecule has 2 atom stereocenters. The van der Waals surface area contributed by atoms with Gasteiger partial charge >= 0.3 is 0 Å². The monoisotopic (exact) mass is 241 g/mol. The van der Waals surface area contributed by atoms with Crippen LogP contribution < -0.4 is 4.73 Å². The van der Waals surface area contributed by atoms with E-state index in [0.29, 0.717) is 4.73 Å². The van der Waals surface area contributed by atoms with Gasteiger partial charge in [0.1, 0.15) is 6.10 Å². The van der Waals surface area contributed by atoms with Gasteiger partial charge in [-0.25, -0.2) is 0 Å². The van der Waals surface area contributed by atoms with Crippen molar-refractivity contribution in [2.45, 2.75) is 12.2 Å². The molecular formula is C14H11NO3. The van der Waals surface area contributed by atoms with Crippen LogP contribution in [0.15, 0.2) is 54.7 Å². The summed E-state index contributed by atoms with van der Waals surface area (Å²) < 4.78 is 5.95. The fourth-order valence-electron chi connectivity index (χ4n) is 1.97. The number of hydrogen-bond donors (Lipinski definition) is 0. The summed E-state index contributed by atoms with van der Waals surface area (Å²) in [6, 6.07) is 14.3. The maximum absolute atomic E-state index is 12.1. The molecular weight excluding hydrogens is 230 g/mol. The standard InChI is InChI=1S/C14H11NO3/c16-12(11-8-4-5-9-15(11)17)14-13(18-14)10-6-2-1-3-7-10/h1-9,13-14H/t13-,14+/m0/s1. The Morgan fingerprint density at radius 1 is 1.11 bits per heavy atom. The van der Waals surface area contributed by atoms with E-state index >= 15 is 0 Å². The molecule has 2 heterocycles. The highest BCUT2D eigenvalue weighted by atomic mass is 16.6. The molecule has 1 fully saturated rings. The van der Waals surface area contributed by atoms with Crippen molar-refractivity contribution in [3.05, 3.63) is 71.2 Å². The van der Waals surface area contributed by atoms with Crippen molar-refractivity contribution in [1.82, 2.24) is 0 Å². The van der Waals surface area contributed by atoms with Gasteiger partial charge in [-0.15, -0.1) is 0 Å². The summed E-state index contributed by atoms with van der Waals surface area (Å²) in [6.45, 7) is 0. The van der Waals surface area contributed by atoms with E-state index in [1.807, 2.05) is 30.3 Å². The number of carbonyl (C=O) groups excluding carboxylic acids is 1. The van der Waals surface area contributed by atoms with E-state index in [1.54, 1.807) is 12.1 Å². The Morgan fingerprint density at radius 3 is 2.56 bits per heavy atom. The van der Waals surface area contributed by atoms with Crippen LogP contribution in [0.2, 0.25) is 0 Å². The minimum Gasteiger partial charge on any atom is -0.618 e. The average Bonchev–Trinajstić information content (AvgIpc) is 3.20. The summed E-state index contributed by atoms with van der Waals surface area (Å²) >= 11 is 0. The summed E-state index contributed by atoms with van der Waals surface area (Å²) in [6.07, 6.45) is 0.557. The number of epoxide rings is 1. The van der Waals surface area contributed by atoms with E-state index < -0.39 is 6.10 Å². The first-order valence-corrected chi connectivity index (χ1v) is 5.70. The Hall–Kier alpha value is -2.20. The number of pyridine rings is 1. The third kappa shape index (κ3) is 1.87. The Balaban J connectivity index is 1.80. The molecule has 1 saturated heterocycles. The van der Waals surface area contributed by atoms with Gasteiger partial charge in [0.05, 0.1) is 0 Å². The molecule has 1 aliphatic rings. The van der Waals surface area contributed by atoms with E-state index in [2.05, 4.69) is 0 Å². The second-order valence-electron chi connectivity index (χ2n) is 4.16. The van der Waals surface area contributed by atoms with Crippen molar-refractivity contribution in [2.75, 3.05) is 0 Å². The zero-order valence-electron chi connectivity index (χ0n) is 9.52. The minimum atomic E-state index is -0.532. The number of aromatic nitrogens is 1. The van der Waals surface area contributed by atoms with Gasteiger partial charge in [0, 0.05) is 12.1 Å². The van der Waals surface area contributed by atoms with Crippen molar-refractivity contribution >= 4 is 5.78 Å². The lowest BCUT2D eigenvalue weighted by Crippen LogP contribution is -2.35. The number of ether oxygens (including phenoxy) is 1. The van der Waals surface area contributed by atoms with Crippen LogP contribution in [0.1, 0.15) is 22.2 Å². The molecule has 0 bridgehead atoms. The van der Waals surface area contributed by atoms with Crippen LogP contribution in [-0.2, 0) is 4.74 Å². The van der Waals surface area contributed by atoms with E-state index in [-0.39, 0.29) is 17.6 Å². The SMILES string of the molecule is O=C(c1cccc[n+]1[O-])[C@H]1O[C@H]1c1ccccc1. The average molecular weight is 241 g/mol. The van der Waals surface area contributed by atoms with Gasteiger partial charge in [0.15, 0.2) is 12.3 Å². The predicted octanol–water partition coefficient (Wildman–Crippen LogP) is 1.64. The van der Waals surface area contributed by atoms with Gasteiger partial charge in [-0.1, -0.05) is 30.3 Å². The van der Waals surface area contributed by atoms with Crippen molar-refractivity contribution in [2.24, 2.45) is 0 Å². The molecule has 1 aromatic heterocycles. The van der Waals surface area contributed by atoms with Crippen LogP contribution in [0, 0.1) is 5.21 Å². The Kier molecular flexibility index (Phi) is 2.57. The molecule has 0 radical (unpaired) electrons. The fourth-order valence-corrected chi connectivity index (χ4v) is 1.97. The fraction of sp³-hybridized carbons (Fsp3) is 0.143. The van der Waals surface area contributed by atoms with E-state index in [1.165, 1.54) is 12.3 Å². The number of nitrogens with zero attached hydrogens (tertiary/aromatic N) is 1. The van der Waals surface area contributed by atoms with Crippen LogP contribution in [0.4, 0.5) is 0 Å². The summed E-state index contributed by atoms with van der Waals surface area (Å²) in [5.41, 5.74) is 1.09. The first-order valence-electron chi connectivity index (χ1n) is 5.70. The zero-order valence-corrected chi connectivity index (χ0v) is 9.52. The molecule has 0 unspecified atom stereocenters. The van der Waals surface area contributed by atoms with Crippen molar-refractivity contribution in [3.63, 3.8) is 0 Å². The molecule has 0 spiro atoms. The number of carbonyl (C=O) groups is 1. The van der Waals surface area contributed by atoms with E-state index in [9.17, 15) is 10.0 Å². The quantitative estimate of drug-likeness (QED) is 0.355. The third-order valence-electron chi connectivity index (χ3n) is 2.95. The van der Waals surface area contributed by atoms with Crippen LogP contribution in [0.5, 0.6) is 0 Å². The molecule has 0 aliphatic carbocycles. The molecule has 0 N–H and O–H groups in total. The van der Waals surface area contributed by atoms with Gasteiger partial charge in [-0.05, 0) is 11.6 Å². The second-order valence-corrected chi connectivity index (χ2v) is 4.16.